The lowest BCUT2D eigenvalue weighted by Gasteiger charge is -2.32. The van der Waals surface area contributed by atoms with Crippen LogP contribution in [0.4, 0.5) is 15.8 Å². The van der Waals surface area contributed by atoms with E-state index in [1.165, 1.54) is 12.1 Å². The Hall–Kier alpha value is -3.34. The number of anilines is 2. The van der Waals surface area contributed by atoms with E-state index in [0.29, 0.717) is 28.2 Å². The number of likely N-dealkylation sites (tertiary alicyclic amines) is 1. The summed E-state index contributed by atoms with van der Waals surface area (Å²) in [7, 11) is 0. The van der Waals surface area contributed by atoms with Gasteiger partial charge in [-0.15, -0.1) is 0 Å². The van der Waals surface area contributed by atoms with E-state index in [1.807, 2.05) is 23.1 Å². The van der Waals surface area contributed by atoms with Crippen molar-refractivity contribution >= 4 is 39.5 Å². The van der Waals surface area contributed by atoms with Gasteiger partial charge in [0.25, 0.3) is 5.91 Å². The zero-order valence-corrected chi connectivity index (χ0v) is 19.1. The highest BCUT2D eigenvalue weighted by molar-refractivity contribution is 7.79. The molecule has 8 nitrogen and oxygen atoms in total. The fourth-order valence-corrected chi connectivity index (χ4v) is 5.12. The number of aromatic nitrogens is 2. The molecule has 1 atom stereocenters. The van der Waals surface area contributed by atoms with Crippen LogP contribution in [0.3, 0.4) is 0 Å². The van der Waals surface area contributed by atoms with Crippen molar-refractivity contribution in [3.63, 3.8) is 0 Å². The van der Waals surface area contributed by atoms with Gasteiger partial charge in [-0.25, -0.2) is 13.6 Å². The molecule has 2 aliphatic rings. The Kier molecular flexibility index (Phi) is 6.27. The maximum Gasteiger partial charge on any atom is 0.257 e. The first kappa shape index (κ1) is 22.5. The van der Waals surface area contributed by atoms with Crippen molar-refractivity contribution in [3.8, 4) is 0 Å². The number of halogens is 1. The van der Waals surface area contributed by atoms with Gasteiger partial charge in [0.2, 0.25) is 0 Å². The summed E-state index contributed by atoms with van der Waals surface area (Å²) < 4.78 is 34.2. The highest BCUT2D eigenvalue weighted by atomic mass is 32.2. The van der Waals surface area contributed by atoms with E-state index in [1.54, 1.807) is 24.5 Å². The Morgan fingerprint density at radius 3 is 2.76 bits per heavy atom. The minimum atomic E-state index is -1.82. The molecule has 0 aliphatic carbocycles. The first-order chi connectivity index (χ1) is 16.5. The molecule has 176 valence electrons. The highest BCUT2D eigenvalue weighted by Gasteiger charge is 2.30. The van der Waals surface area contributed by atoms with E-state index in [0.717, 1.165) is 37.2 Å². The minimum absolute atomic E-state index is 0.170. The third-order valence-electron chi connectivity index (χ3n) is 6.11. The van der Waals surface area contributed by atoms with Gasteiger partial charge >= 0.3 is 0 Å². The number of H-pyrrole nitrogens is 1. The van der Waals surface area contributed by atoms with Crippen molar-refractivity contribution < 1.29 is 17.9 Å². The summed E-state index contributed by atoms with van der Waals surface area (Å²) >= 11 is -1.82. The molecule has 0 saturated carbocycles. The number of hydrogen-bond donors (Lipinski definition) is 4. The zero-order valence-electron chi connectivity index (χ0n) is 18.3. The molecule has 4 N–H and O–H groups in total. The average Bonchev–Trinajstić information content (AvgIpc) is 3.44. The predicted molar refractivity (Wildman–Crippen MR) is 130 cm³/mol. The molecule has 1 unspecified atom stereocenters. The first-order valence-corrected chi connectivity index (χ1v) is 12.3. The lowest BCUT2D eigenvalue weighted by molar-refractivity contribution is -0.110. The zero-order chi connectivity index (χ0) is 23.7. The number of carbonyl (C=O) groups excluding carboxylic acids is 1. The molecule has 34 heavy (non-hydrogen) atoms. The fraction of sp³-hybridized carbons (Fsp3) is 0.250. The van der Waals surface area contributed by atoms with Crippen molar-refractivity contribution in [1.29, 1.82) is 0 Å². The van der Waals surface area contributed by atoms with Crippen LogP contribution in [0.15, 0.2) is 54.9 Å². The minimum Gasteiger partial charge on any atom is -0.382 e. The van der Waals surface area contributed by atoms with E-state index in [4.69, 9.17) is 4.55 Å². The molecule has 2 aliphatic heterocycles. The second kappa shape index (κ2) is 9.49. The summed E-state index contributed by atoms with van der Waals surface area (Å²) in [4.78, 5) is 22.4. The number of fused-ring (bicyclic) bond motifs is 1. The summed E-state index contributed by atoms with van der Waals surface area (Å²) in [5.74, 6) is -0.0142. The fourth-order valence-electron chi connectivity index (χ4n) is 4.55. The van der Waals surface area contributed by atoms with Crippen LogP contribution in [0.1, 0.15) is 29.8 Å². The Bertz CT molecular complexity index is 1270. The molecular formula is C24H24FN5O3S. The quantitative estimate of drug-likeness (QED) is 0.317. The number of benzene rings is 2. The molecule has 0 spiro atoms. The molecule has 0 radical (unpaired) electrons. The van der Waals surface area contributed by atoms with Gasteiger partial charge in [-0.3, -0.25) is 9.69 Å². The molecular weight excluding hydrogens is 457 g/mol. The van der Waals surface area contributed by atoms with Gasteiger partial charge in [0.1, 0.15) is 17.5 Å². The van der Waals surface area contributed by atoms with Crippen LogP contribution >= 0.6 is 0 Å². The van der Waals surface area contributed by atoms with Crippen LogP contribution in [0.2, 0.25) is 0 Å². The second-order valence-corrected chi connectivity index (χ2v) is 9.30. The molecule has 1 fully saturated rings. The molecule has 0 bridgehead atoms. The molecule has 1 amide bonds. The largest absolute Gasteiger partial charge is 0.382 e. The van der Waals surface area contributed by atoms with Crippen LogP contribution in [-0.2, 0) is 15.9 Å². The Morgan fingerprint density at radius 1 is 1.24 bits per heavy atom. The Labute approximate surface area is 198 Å². The standard InChI is InChI=1S/C24H24FN5O3S/c25-16-3-1-2-15(12-16)21(23-26-8-9-27-23)22-19-13-18(4-5-20(19)29-24(22)31)28-17-6-10-30(11-7-17)14-34(32)33/h1-5,8-9,12-13,17,28H,6-7,10-11,14H2,(H,26,27)(H,29,31)(H,32,33)/b22-21-. The van der Waals surface area contributed by atoms with Gasteiger partial charge in [-0.05, 0) is 48.7 Å². The van der Waals surface area contributed by atoms with Gasteiger partial charge in [0.15, 0.2) is 11.1 Å². The lowest BCUT2D eigenvalue weighted by Crippen LogP contribution is -2.40. The third kappa shape index (κ3) is 4.65. The van der Waals surface area contributed by atoms with E-state index in [9.17, 15) is 13.4 Å². The Morgan fingerprint density at radius 2 is 2.06 bits per heavy atom. The van der Waals surface area contributed by atoms with Crippen LogP contribution in [0.25, 0.3) is 11.1 Å². The van der Waals surface area contributed by atoms with E-state index in [2.05, 4.69) is 20.6 Å². The number of nitrogens with zero attached hydrogens (tertiary/aromatic N) is 2. The van der Waals surface area contributed by atoms with Gasteiger partial charge in [0.05, 0.1) is 5.57 Å². The van der Waals surface area contributed by atoms with Crippen molar-refractivity contribution in [3.05, 3.63) is 77.6 Å². The summed E-state index contributed by atoms with van der Waals surface area (Å²) in [5, 5.41) is 6.44. The maximum atomic E-state index is 14.1. The molecule has 1 aromatic heterocycles. The normalized spacial score (nSPS) is 18.9. The summed E-state index contributed by atoms with van der Waals surface area (Å²) in [6.45, 7) is 1.48. The summed E-state index contributed by atoms with van der Waals surface area (Å²) in [6, 6.07) is 12.1. The molecule has 1 saturated heterocycles. The smallest absolute Gasteiger partial charge is 0.257 e. The van der Waals surface area contributed by atoms with Gasteiger partial charge in [0, 0.05) is 54.0 Å². The molecule has 3 aromatic rings. The van der Waals surface area contributed by atoms with Crippen molar-refractivity contribution in [2.75, 3.05) is 29.6 Å². The number of nitrogens with one attached hydrogen (secondary N) is 3. The number of piperidine rings is 1. The predicted octanol–water partition coefficient (Wildman–Crippen LogP) is 3.52. The van der Waals surface area contributed by atoms with Gasteiger partial charge < -0.3 is 20.2 Å². The van der Waals surface area contributed by atoms with Crippen LogP contribution in [-0.4, -0.2) is 54.5 Å². The van der Waals surface area contributed by atoms with Gasteiger partial charge in [-0.2, -0.15) is 0 Å². The SMILES string of the molecule is O=C1Nc2ccc(NC3CCN(CS(=O)O)CC3)cc2/C1=C(\c1cccc(F)c1)c1ncc[nH]1. The lowest BCUT2D eigenvalue weighted by atomic mass is 9.94. The molecule has 10 heteroatoms. The molecule has 2 aromatic carbocycles. The van der Waals surface area contributed by atoms with E-state index >= 15 is 0 Å². The number of aromatic amines is 1. The highest BCUT2D eigenvalue weighted by Crippen LogP contribution is 2.40. The second-order valence-electron chi connectivity index (χ2n) is 8.40. The van der Waals surface area contributed by atoms with Crippen LogP contribution in [0.5, 0.6) is 0 Å². The number of imidazole rings is 1. The number of hydrogen-bond acceptors (Lipinski definition) is 5. The van der Waals surface area contributed by atoms with Crippen LogP contribution < -0.4 is 10.6 Å². The third-order valence-corrected chi connectivity index (χ3v) is 6.70. The summed E-state index contributed by atoms with van der Waals surface area (Å²) in [6.07, 6.45) is 4.95. The van der Waals surface area contributed by atoms with Crippen molar-refractivity contribution in [2.45, 2.75) is 18.9 Å². The van der Waals surface area contributed by atoms with E-state index in [-0.39, 0.29) is 17.8 Å². The number of rotatable bonds is 6. The number of amides is 1. The molecule has 3 heterocycles. The molecule has 5 rings (SSSR count). The van der Waals surface area contributed by atoms with Crippen molar-refractivity contribution in [2.24, 2.45) is 0 Å². The van der Waals surface area contributed by atoms with Crippen LogP contribution in [0, 0.1) is 5.82 Å². The average molecular weight is 482 g/mol. The first-order valence-electron chi connectivity index (χ1n) is 11.0. The monoisotopic (exact) mass is 481 g/mol. The summed E-state index contributed by atoms with van der Waals surface area (Å²) in [5.41, 5.74) is 3.79. The topological polar surface area (TPSA) is 110 Å². The van der Waals surface area contributed by atoms with Gasteiger partial charge in [-0.1, -0.05) is 12.1 Å². The number of carbonyl (C=O) groups is 1. The maximum absolute atomic E-state index is 14.1. The van der Waals surface area contributed by atoms with E-state index < -0.39 is 16.9 Å². The Balaban J connectivity index is 1.48. The van der Waals surface area contributed by atoms with Crippen molar-refractivity contribution in [1.82, 2.24) is 14.9 Å².